The minimum Gasteiger partial charge on any atom is -0.494 e. The van der Waals surface area contributed by atoms with Crippen molar-refractivity contribution in [1.82, 2.24) is 25.1 Å². The average Bonchev–Trinajstić information content (AvgIpc) is 2.79. The van der Waals surface area contributed by atoms with E-state index in [0.29, 0.717) is 42.4 Å². The zero-order chi connectivity index (χ0) is 22.0. The topological polar surface area (TPSA) is 109 Å². The molecule has 3 aromatic rings. The molecular weight excluding hydrogens is 421 g/mol. The van der Waals surface area contributed by atoms with Crippen molar-refractivity contribution in [2.75, 3.05) is 37.9 Å². The molecule has 3 heterocycles. The van der Waals surface area contributed by atoms with Gasteiger partial charge in [-0.05, 0) is 18.4 Å². The third-order valence-electron chi connectivity index (χ3n) is 5.06. The van der Waals surface area contributed by atoms with Crippen molar-refractivity contribution in [3.63, 3.8) is 0 Å². The summed E-state index contributed by atoms with van der Waals surface area (Å²) in [5, 5.41) is 17.5. The molecule has 2 aromatic heterocycles. The zero-order valence-electron chi connectivity index (χ0n) is 17.0. The minimum atomic E-state index is -0.630. The van der Waals surface area contributed by atoms with E-state index in [9.17, 15) is 9.18 Å². The van der Waals surface area contributed by atoms with E-state index in [1.54, 1.807) is 6.07 Å². The van der Waals surface area contributed by atoms with Gasteiger partial charge in [0.15, 0.2) is 11.0 Å². The molecule has 1 aliphatic heterocycles. The number of methoxy groups -OCH3 is 1. The first-order valence-electron chi connectivity index (χ1n) is 9.59. The zero-order valence-corrected chi connectivity index (χ0v) is 17.8. The van der Waals surface area contributed by atoms with Crippen LogP contribution in [-0.2, 0) is 0 Å². The van der Waals surface area contributed by atoms with Crippen LogP contribution in [0.1, 0.15) is 6.42 Å². The second kappa shape index (κ2) is 8.87. The van der Waals surface area contributed by atoms with Crippen LogP contribution in [0.5, 0.6) is 5.75 Å². The number of anilines is 1. The SMILES string of the molecule is COc1cccc(F)c1-n1ncc2c(N3CCNC(CC#N)C3)nc(SC)nc2c1=O. The maximum atomic E-state index is 14.6. The molecule has 9 nitrogen and oxygen atoms in total. The van der Waals surface area contributed by atoms with Gasteiger partial charge in [0.2, 0.25) is 0 Å². The average molecular weight is 441 g/mol. The molecule has 1 N–H and O–H groups in total. The van der Waals surface area contributed by atoms with Crippen LogP contribution < -0.4 is 20.5 Å². The predicted molar refractivity (Wildman–Crippen MR) is 115 cm³/mol. The van der Waals surface area contributed by atoms with E-state index in [2.05, 4.69) is 26.5 Å². The van der Waals surface area contributed by atoms with E-state index in [0.717, 1.165) is 4.68 Å². The number of benzene rings is 1. The maximum Gasteiger partial charge on any atom is 0.298 e. The Morgan fingerprint density at radius 1 is 1.42 bits per heavy atom. The fraction of sp³-hybridized carbons (Fsp3) is 0.350. The molecule has 0 bridgehead atoms. The number of nitrogens with one attached hydrogen (secondary N) is 1. The number of rotatable bonds is 5. The van der Waals surface area contributed by atoms with Gasteiger partial charge in [0.05, 0.1) is 31.2 Å². The van der Waals surface area contributed by atoms with E-state index >= 15 is 0 Å². The van der Waals surface area contributed by atoms with E-state index < -0.39 is 11.4 Å². The van der Waals surface area contributed by atoms with Gasteiger partial charge in [-0.2, -0.15) is 15.0 Å². The molecule has 160 valence electrons. The summed E-state index contributed by atoms with van der Waals surface area (Å²) >= 11 is 1.31. The Morgan fingerprint density at radius 2 is 2.26 bits per heavy atom. The lowest BCUT2D eigenvalue weighted by atomic mass is 10.1. The maximum absolute atomic E-state index is 14.6. The molecule has 0 amide bonds. The van der Waals surface area contributed by atoms with Crippen molar-refractivity contribution >= 4 is 28.5 Å². The number of nitrogens with zero attached hydrogens (tertiary/aromatic N) is 6. The van der Waals surface area contributed by atoms with Crippen LogP contribution in [0.3, 0.4) is 0 Å². The summed E-state index contributed by atoms with van der Waals surface area (Å²) in [5.41, 5.74) is -0.493. The molecule has 1 unspecified atom stereocenters. The largest absolute Gasteiger partial charge is 0.494 e. The monoisotopic (exact) mass is 441 g/mol. The van der Waals surface area contributed by atoms with Gasteiger partial charge in [-0.15, -0.1) is 0 Å². The van der Waals surface area contributed by atoms with Crippen LogP contribution in [0.25, 0.3) is 16.6 Å². The third kappa shape index (κ3) is 3.92. The highest BCUT2D eigenvalue weighted by molar-refractivity contribution is 7.98. The van der Waals surface area contributed by atoms with Crippen molar-refractivity contribution in [2.24, 2.45) is 0 Å². The number of nitriles is 1. The predicted octanol–water partition coefficient (Wildman–Crippen LogP) is 1.74. The molecule has 11 heteroatoms. The number of piperazine rings is 1. The number of ether oxygens (including phenoxy) is 1. The van der Waals surface area contributed by atoms with Crippen LogP contribution in [0, 0.1) is 17.1 Å². The molecule has 1 saturated heterocycles. The number of hydrogen-bond acceptors (Lipinski definition) is 9. The Balaban J connectivity index is 1.89. The van der Waals surface area contributed by atoms with Gasteiger partial charge in [-0.25, -0.2) is 14.4 Å². The summed E-state index contributed by atoms with van der Waals surface area (Å²) in [4.78, 5) is 24.4. The van der Waals surface area contributed by atoms with Gasteiger partial charge < -0.3 is 15.0 Å². The number of thioether (sulfide) groups is 1. The molecule has 31 heavy (non-hydrogen) atoms. The molecule has 0 radical (unpaired) electrons. The fourth-order valence-electron chi connectivity index (χ4n) is 3.61. The number of para-hydroxylation sites is 1. The number of hydrogen-bond donors (Lipinski definition) is 1. The van der Waals surface area contributed by atoms with Gasteiger partial charge >= 0.3 is 0 Å². The Labute approximate surface area is 181 Å². The summed E-state index contributed by atoms with van der Waals surface area (Å²) in [6.07, 6.45) is 3.66. The molecule has 1 aromatic carbocycles. The Morgan fingerprint density at radius 3 is 3.00 bits per heavy atom. The van der Waals surface area contributed by atoms with Crippen molar-refractivity contribution in [2.45, 2.75) is 17.6 Å². The lowest BCUT2D eigenvalue weighted by Gasteiger charge is -2.34. The van der Waals surface area contributed by atoms with E-state index in [1.165, 1.54) is 37.2 Å². The molecule has 0 spiro atoms. The van der Waals surface area contributed by atoms with Crippen LogP contribution in [0.15, 0.2) is 34.3 Å². The Bertz CT molecular complexity index is 1230. The van der Waals surface area contributed by atoms with Crippen molar-refractivity contribution in [3.8, 4) is 17.5 Å². The normalized spacial score (nSPS) is 16.3. The van der Waals surface area contributed by atoms with E-state index in [-0.39, 0.29) is 23.0 Å². The van der Waals surface area contributed by atoms with Crippen LogP contribution in [-0.4, -0.2) is 58.8 Å². The summed E-state index contributed by atoms with van der Waals surface area (Å²) in [6.45, 7) is 1.91. The van der Waals surface area contributed by atoms with Crippen LogP contribution >= 0.6 is 11.8 Å². The smallest absolute Gasteiger partial charge is 0.298 e. The van der Waals surface area contributed by atoms with Crippen LogP contribution in [0.2, 0.25) is 0 Å². The summed E-state index contributed by atoms with van der Waals surface area (Å²) in [5.74, 6) is 0.139. The van der Waals surface area contributed by atoms with Crippen molar-refractivity contribution in [3.05, 3.63) is 40.6 Å². The third-order valence-corrected chi connectivity index (χ3v) is 5.61. The molecule has 1 atom stereocenters. The second-order valence-corrected chi connectivity index (χ2v) is 7.68. The molecule has 1 fully saturated rings. The first kappa shape index (κ1) is 21.0. The highest BCUT2D eigenvalue weighted by Gasteiger charge is 2.25. The van der Waals surface area contributed by atoms with Crippen molar-refractivity contribution in [1.29, 1.82) is 5.26 Å². The summed E-state index contributed by atoms with van der Waals surface area (Å²) in [6, 6.07) is 6.48. The summed E-state index contributed by atoms with van der Waals surface area (Å²) < 4.78 is 20.8. The number of aromatic nitrogens is 4. The van der Waals surface area contributed by atoms with Gasteiger partial charge in [0.25, 0.3) is 5.56 Å². The van der Waals surface area contributed by atoms with Crippen LogP contribution in [0.4, 0.5) is 10.2 Å². The fourth-order valence-corrected chi connectivity index (χ4v) is 3.97. The van der Waals surface area contributed by atoms with E-state index in [1.807, 2.05) is 11.2 Å². The van der Waals surface area contributed by atoms with Gasteiger partial charge in [0, 0.05) is 25.7 Å². The minimum absolute atomic E-state index is 0.00231. The molecule has 0 saturated carbocycles. The summed E-state index contributed by atoms with van der Waals surface area (Å²) in [7, 11) is 1.40. The lowest BCUT2D eigenvalue weighted by molar-refractivity contribution is 0.406. The number of halogens is 1. The molecule has 4 rings (SSSR count). The first-order valence-corrected chi connectivity index (χ1v) is 10.8. The van der Waals surface area contributed by atoms with E-state index in [4.69, 9.17) is 10.00 Å². The Kier molecular flexibility index (Phi) is 6.01. The molecular formula is C20H20FN7O2S. The standard InChI is InChI=1S/C20H20FN7O2S/c1-30-15-5-3-4-14(21)17(15)28-19(29)16-13(10-24-28)18(26-20(25-16)31-2)27-9-8-23-12(11-27)6-7-22/h3-5,10,12,23H,6,8-9,11H2,1-2H3. The number of fused-ring (bicyclic) bond motifs is 1. The highest BCUT2D eigenvalue weighted by atomic mass is 32.2. The quantitative estimate of drug-likeness (QED) is 0.468. The Hall–Kier alpha value is -3.23. The first-order chi connectivity index (χ1) is 15.1. The molecule has 1 aliphatic rings. The van der Waals surface area contributed by atoms with Gasteiger partial charge in [-0.3, -0.25) is 4.79 Å². The lowest BCUT2D eigenvalue weighted by Crippen LogP contribution is -2.51. The molecule has 0 aliphatic carbocycles. The van der Waals surface area contributed by atoms with Crippen molar-refractivity contribution < 1.29 is 9.13 Å². The second-order valence-electron chi connectivity index (χ2n) is 6.91. The van der Waals surface area contributed by atoms with Gasteiger partial charge in [-0.1, -0.05) is 17.8 Å². The van der Waals surface area contributed by atoms with Gasteiger partial charge in [0.1, 0.15) is 22.8 Å². The highest BCUT2D eigenvalue weighted by Crippen LogP contribution is 2.28.